The van der Waals surface area contributed by atoms with Gasteiger partial charge in [-0.05, 0) is 59.5 Å². The molecule has 2 aromatic carbocycles. The molecule has 1 saturated heterocycles. The largest absolute Gasteiger partial charge is 0.368 e. The van der Waals surface area contributed by atoms with Gasteiger partial charge in [0, 0.05) is 48.7 Å². The fourth-order valence-electron chi connectivity index (χ4n) is 3.41. The number of thiophene rings is 1. The van der Waals surface area contributed by atoms with Gasteiger partial charge in [0.15, 0.2) is 0 Å². The molecule has 0 spiro atoms. The van der Waals surface area contributed by atoms with Gasteiger partial charge in [0.05, 0.1) is 4.88 Å². The van der Waals surface area contributed by atoms with Crippen molar-refractivity contribution in [1.29, 1.82) is 0 Å². The van der Waals surface area contributed by atoms with Crippen LogP contribution in [0.4, 0.5) is 11.4 Å². The Morgan fingerprint density at radius 3 is 2.29 bits per heavy atom. The Hall–Kier alpha value is -3.09. The number of piperazine rings is 1. The number of nitrogens with zero attached hydrogens (tertiary/aromatic N) is 2. The molecule has 0 saturated carbocycles. The van der Waals surface area contributed by atoms with Crippen molar-refractivity contribution in [3.8, 4) is 0 Å². The van der Waals surface area contributed by atoms with Crippen LogP contribution in [0.1, 0.15) is 15.2 Å². The molecule has 158 valence electrons. The number of carbonyl (C=O) groups is 2. The lowest BCUT2D eigenvalue weighted by atomic mass is 10.2. The maximum atomic E-state index is 12.5. The third kappa shape index (κ3) is 5.54. The van der Waals surface area contributed by atoms with E-state index in [1.807, 2.05) is 58.8 Å². The van der Waals surface area contributed by atoms with Crippen LogP contribution in [0.15, 0.2) is 72.1 Å². The van der Waals surface area contributed by atoms with Gasteiger partial charge in [-0.25, -0.2) is 0 Å². The average molecular weight is 452 g/mol. The molecule has 1 aliphatic heterocycles. The van der Waals surface area contributed by atoms with Gasteiger partial charge in [0.1, 0.15) is 0 Å². The van der Waals surface area contributed by atoms with Gasteiger partial charge < -0.3 is 15.1 Å². The zero-order chi connectivity index (χ0) is 21.6. The fraction of sp³-hybridized carbons (Fsp3) is 0.167. The molecular weight excluding hydrogens is 430 g/mol. The Morgan fingerprint density at radius 2 is 1.65 bits per heavy atom. The summed E-state index contributed by atoms with van der Waals surface area (Å²) in [6.07, 6.45) is 3.25. The second-order valence-corrected chi connectivity index (χ2v) is 8.56. The van der Waals surface area contributed by atoms with E-state index >= 15 is 0 Å². The molecule has 0 bridgehead atoms. The van der Waals surface area contributed by atoms with Gasteiger partial charge in [-0.2, -0.15) is 0 Å². The highest BCUT2D eigenvalue weighted by atomic mass is 35.5. The number of benzene rings is 2. The highest BCUT2D eigenvalue weighted by molar-refractivity contribution is 7.12. The Kier molecular flexibility index (Phi) is 6.70. The first-order valence-electron chi connectivity index (χ1n) is 10.0. The highest BCUT2D eigenvalue weighted by Gasteiger charge is 2.22. The first-order valence-corrected chi connectivity index (χ1v) is 11.3. The number of rotatable bonds is 5. The van der Waals surface area contributed by atoms with Crippen LogP contribution < -0.4 is 10.2 Å². The maximum Gasteiger partial charge on any atom is 0.264 e. The molecule has 1 aromatic heterocycles. The average Bonchev–Trinajstić information content (AvgIpc) is 3.34. The second kappa shape index (κ2) is 9.81. The summed E-state index contributed by atoms with van der Waals surface area (Å²) >= 11 is 7.35. The van der Waals surface area contributed by atoms with E-state index in [2.05, 4.69) is 10.2 Å². The van der Waals surface area contributed by atoms with Crippen LogP contribution in [0.2, 0.25) is 5.02 Å². The van der Waals surface area contributed by atoms with Gasteiger partial charge in [-0.15, -0.1) is 11.3 Å². The van der Waals surface area contributed by atoms with E-state index in [0.717, 1.165) is 34.9 Å². The molecule has 2 amide bonds. The molecule has 3 aromatic rings. The third-order valence-corrected chi connectivity index (χ3v) is 6.21. The molecule has 0 atom stereocenters. The van der Waals surface area contributed by atoms with E-state index in [1.54, 1.807) is 18.2 Å². The van der Waals surface area contributed by atoms with Gasteiger partial charge in [-0.1, -0.05) is 29.8 Å². The number of carbonyl (C=O) groups excluding carboxylic acids is 2. The van der Waals surface area contributed by atoms with E-state index in [0.29, 0.717) is 18.1 Å². The summed E-state index contributed by atoms with van der Waals surface area (Å²) in [6.45, 7) is 2.97. The molecule has 1 N–H and O–H groups in total. The molecule has 0 aliphatic carbocycles. The topological polar surface area (TPSA) is 52.7 Å². The zero-order valence-electron chi connectivity index (χ0n) is 16.8. The van der Waals surface area contributed by atoms with Crippen molar-refractivity contribution in [3.63, 3.8) is 0 Å². The lowest BCUT2D eigenvalue weighted by Crippen LogP contribution is -2.48. The van der Waals surface area contributed by atoms with E-state index < -0.39 is 0 Å². The van der Waals surface area contributed by atoms with Crippen LogP contribution >= 0.6 is 22.9 Å². The summed E-state index contributed by atoms with van der Waals surface area (Å²) in [4.78, 5) is 29.6. The zero-order valence-corrected chi connectivity index (χ0v) is 18.4. The molecule has 1 fully saturated rings. The highest BCUT2D eigenvalue weighted by Crippen LogP contribution is 2.21. The number of anilines is 2. The van der Waals surface area contributed by atoms with Crippen molar-refractivity contribution in [2.75, 3.05) is 36.4 Å². The Balaban J connectivity index is 1.29. The lowest BCUT2D eigenvalue weighted by Gasteiger charge is -2.36. The minimum Gasteiger partial charge on any atom is -0.368 e. The Morgan fingerprint density at radius 1 is 0.935 bits per heavy atom. The number of hydrogen-bond donors (Lipinski definition) is 1. The van der Waals surface area contributed by atoms with Crippen LogP contribution in [0.5, 0.6) is 0 Å². The molecule has 2 heterocycles. The van der Waals surface area contributed by atoms with Crippen LogP contribution in [0.25, 0.3) is 6.08 Å². The second-order valence-electron chi connectivity index (χ2n) is 7.18. The van der Waals surface area contributed by atoms with Crippen LogP contribution in [-0.4, -0.2) is 42.9 Å². The first kappa shape index (κ1) is 21.2. The normalized spacial score (nSPS) is 14.1. The minimum atomic E-state index is -0.191. The Bertz CT molecular complexity index is 1060. The predicted octanol–water partition coefficient (Wildman–Crippen LogP) is 5.02. The molecular formula is C24H22ClN3O2S. The molecule has 5 nitrogen and oxygen atoms in total. The monoisotopic (exact) mass is 451 g/mol. The lowest BCUT2D eigenvalue weighted by molar-refractivity contribution is -0.111. The maximum absolute atomic E-state index is 12.5. The van der Waals surface area contributed by atoms with Crippen molar-refractivity contribution in [2.24, 2.45) is 0 Å². The standard InChI is InChI=1S/C24H22ClN3O2S/c25-19-6-3-18(4-7-19)5-12-23(29)26-20-8-10-21(11-9-20)27-13-15-28(16-14-27)24(30)22-2-1-17-31-22/h1-12,17H,13-16H2,(H,26,29). The van der Waals surface area contributed by atoms with E-state index in [-0.39, 0.29) is 11.8 Å². The van der Waals surface area contributed by atoms with Crippen molar-refractivity contribution in [3.05, 3.63) is 87.6 Å². The quantitative estimate of drug-likeness (QED) is 0.554. The molecule has 1 aliphatic rings. The van der Waals surface area contributed by atoms with Gasteiger partial charge >= 0.3 is 0 Å². The minimum absolute atomic E-state index is 0.111. The van der Waals surface area contributed by atoms with Crippen LogP contribution in [0, 0.1) is 0 Å². The third-order valence-electron chi connectivity index (χ3n) is 5.10. The van der Waals surface area contributed by atoms with Gasteiger partial charge in [0.25, 0.3) is 5.91 Å². The summed E-state index contributed by atoms with van der Waals surface area (Å²) in [6, 6.07) is 18.8. The van der Waals surface area contributed by atoms with Gasteiger partial charge in [-0.3, -0.25) is 9.59 Å². The molecule has 7 heteroatoms. The SMILES string of the molecule is O=C(C=Cc1ccc(Cl)cc1)Nc1ccc(N2CCN(C(=O)c3cccs3)CC2)cc1. The number of hydrogen-bond acceptors (Lipinski definition) is 4. The summed E-state index contributed by atoms with van der Waals surface area (Å²) < 4.78 is 0. The van der Waals surface area contributed by atoms with E-state index in [4.69, 9.17) is 11.6 Å². The Labute approximate surface area is 190 Å². The van der Waals surface area contributed by atoms with Crippen molar-refractivity contribution in [1.82, 2.24) is 4.90 Å². The first-order chi connectivity index (χ1) is 15.1. The van der Waals surface area contributed by atoms with Crippen LogP contribution in [0.3, 0.4) is 0 Å². The molecule has 31 heavy (non-hydrogen) atoms. The molecule has 0 unspecified atom stereocenters. The number of halogens is 1. The fourth-order valence-corrected chi connectivity index (χ4v) is 4.23. The van der Waals surface area contributed by atoms with Crippen molar-refractivity contribution >= 4 is 52.2 Å². The summed E-state index contributed by atoms with van der Waals surface area (Å²) in [5.41, 5.74) is 2.73. The summed E-state index contributed by atoms with van der Waals surface area (Å²) in [7, 11) is 0. The summed E-state index contributed by atoms with van der Waals surface area (Å²) in [5, 5.41) is 5.46. The van der Waals surface area contributed by atoms with Gasteiger partial charge in [0.2, 0.25) is 5.91 Å². The number of nitrogens with one attached hydrogen (secondary N) is 1. The van der Waals surface area contributed by atoms with E-state index in [1.165, 1.54) is 17.4 Å². The van der Waals surface area contributed by atoms with E-state index in [9.17, 15) is 9.59 Å². The molecule has 0 radical (unpaired) electrons. The van der Waals surface area contributed by atoms with Crippen molar-refractivity contribution < 1.29 is 9.59 Å². The number of amides is 2. The van der Waals surface area contributed by atoms with Crippen LogP contribution in [-0.2, 0) is 4.79 Å². The smallest absolute Gasteiger partial charge is 0.264 e. The van der Waals surface area contributed by atoms with Crippen molar-refractivity contribution in [2.45, 2.75) is 0 Å². The predicted molar refractivity (Wildman–Crippen MR) is 128 cm³/mol. The molecule has 4 rings (SSSR count). The summed E-state index contributed by atoms with van der Waals surface area (Å²) in [5.74, 6) is -0.0808.